The minimum atomic E-state index is -0.347. The molecule has 3 aromatic rings. The van der Waals surface area contributed by atoms with Crippen LogP contribution in [-0.4, -0.2) is 24.6 Å². The average molecular weight is 339 g/mol. The van der Waals surface area contributed by atoms with Crippen LogP contribution in [0.4, 0.5) is 5.13 Å². The van der Waals surface area contributed by atoms with Gasteiger partial charge in [-0.3, -0.25) is 10.1 Å². The number of hydrogen-bond donors (Lipinski definition) is 1. The van der Waals surface area contributed by atoms with E-state index in [9.17, 15) is 4.79 Å². The number of nitrogens with one attached hydrogen (secondary N) is 1. The van der Waals surface area contributed by atoms with Gasteiger partial charge < -0.3 is 9.47 Å². The van der Waals surface area contributed by atoms with Crippen molar-refractivity contribution in [3.8, 4) is 17.6 Å². The molecule has 1 amide bonds. The molecule has 0 aliphatic carbocycles. The third-order valence-corrected chi connectivity index (χ3v) is 4.15. The molecule has 1 N–H and O–H groups in total. The minimum absolute atomic E-state index is 0.203. The minimum Gasteiger partial charge on any atom is -0.494 e. The third-order valence-electron chi connectivity index (χ3n) is 3.21. The number of thiazole rings is 1. The van der Waals surface area contributed by atoms with E-state index in [2.05, 4.69) is 10.3 Å². The first-order valence-electron chi connectivity index (χ1n) is 7.06. The summed E-state index contributed by atoms with van der Waals surface area (Å²) >= 11 is 1.35. The molecule has 2 aromatic carbocycles. The summed E-state index contributed by atoms with van der Waals surface area (Å²) in [6, 6.07) is 14.4. The van der Waals surface area contributed by atoms with Crippen molar-refractivity contribution in [2.45, 2.75) is 0 Å². The van der Waals surface area contributed by atoms with Crippen molar-refractivity contribution in [2.75, 3.05) is 19.0 Å². The van der Waals surface area contributed by atoms with Crippen LogP contribution in [0.1, 0.15) is 5.56 Å². The molecular formula is C17H13N3O3S. The number of nitriles is 1. The quantitative estimate of drug-likeness (QED) is 0.772. The lowest BCUT2D eigenvalue weighted by Crippen LogP contribution is -2.20. The van der Waals surface area contributed by atoms with Crippen molar-refractivity contribution in [2.24, 2.45) is 0 Å². The highest BCUT2D eigenvalue weighted by molar-refractivity contribution is 7.22. The van der Waals surface area contributed by atoms with Crippen molar-refractivity contribution >= 4 is 32.6 Å². The Hall–Kier alpha value is -3.11. The fourth-order valence-electron chi connectivity index (χ4n) is 2.12. The van der Waals surface area contributed by atoms with E-state index in [-0.39, 0.29) is 12.5 Å². The van der Waals surface area contributed by atoms with E-state index in [1.807, 2.05) is 24.3 Å². The van der Waals surface area contributed by atoms with Crippen molar-refractivity contribution in [1.82, 2.24) is 4.98 Å². The first-order valence-corrected chi connectivity index (χ1v) is 7.88. The zero-order chi connectivity index (χ0) is 16.9. The molecule has 1 aromatic heterocycles. The molecular weight excluding hydrogens is 326 g/mol. The van der Waals surface area contributed by atoms with Crippen LogP contribution in [-0.2, 0) is 4.79 Å². The van der Waals surface area contributed by atoms with Gasteiger partial charge in [-0.25, -0.2) is 4.98 Å². The smallest absolute Gasteiger partial charge is 0.264 e. The van der Waals surface area contributed by atoms with Gasteiger partial charge in [0.2, 0.25) is 0 Å². The fraction of sp³-hybridized carbons (Fsp3) is 0.118. The van der Waals surface area contributed by atoms with Crippen molar-refractivity contribution in [3.05, 3.63) is 48.0 Å². The SMILES string of the molecule is COc1cccc2sc(NC(=O)COc3ccccc3C#N)nc12. The van der Waals surface area contributed by atoms with Crippen LogP contribution >= 0.6 is 11.3 Å². The number of nitrogens with zero attached hydrogens (tertiary/aromatic N) is 2. The van der Waals surface area contributed by atoms with Crippen LogP contribution in [0.25, 0.3) is 10.2 Å². The number of para-hydroxylation sites is 2. The van der Waals surface area contributed by atoms with Crippen LogP contribution in [0.3, 0.4) is 0 Å². The van der Waals surface area contributed by atoms with Crippen LogP contribution in [0.2, 0.25) is 0 Å². The monoisotopic (exact) mass is 339 g/mol. The highest BCUT2D eigenvalue weighted by Gasteiger charge is 2.12. The Morgan fingerprint density at radius 3 is 2.83 bits per heavy atom. The Labute approximate surface area is 142 Å². The average Bonchev–Trinajstić information content (AvgIpc) is 3.02. The number of aromatic nitrogens is 1. The number of carbonyl (C=O) groups excluding carboxylic acids is 1. The molecule has 0 aliphatic rings. The Morgan fingerprint density at radius 1 is 1.25 bits per heavy atom. The lowest BCUT2D eigenvalue weighted by atomic mass is 10.2. The molecule has 0 saturated carbocycles. The van der Waals surface area contributed by atoms with Crippen LogP contribution in [0.5, 0.6) is 11.5 Å². The summed E-state index contributed by atoms with van der Waals surface area (Å²) in [6.45, 7) is -0.203. The van der Waals surface area contributed by atoms with Crippen LogP contribution < -0.4 is 14.8 Å². The summed E-state index contributed by atoms with van der Waals surface area (Å²) in [5.74, 6) is 0.685. The van der Waals surface area contributed by atoms with Gasteiger partial charge in [0, 0.05) is 0 Å². The number of rotatable bonds is 5. The van der Waals surface area contributed by atoms with E-state index in [0.29, 0.717) is 27.7 Å². The summed E-state index contributed by atoms with van der Waals surface area (Å²) in [5, 5.41) is 12.2. The number of hydrogen-bond acceptors (Lipinski definition) is 6. The molecule has 120 valence electrons. The van der Waals surface area contributed by atoms with E-state index in [4.69, 9.17) is 14.7 Å². The zero-order valence-corrected chi connectivity index (χ0v) is 13.6. The topological polar surface area (TPSA) is 84.2 Å². The lowest BCUT2D eigenvalue weighted by Gasteiger charge is -2.06. The first-order chi connectivity index (χ1) is 11.7. The molecule has 6 nitrogen and oxygen atoms in total. The highest BCUT2D eigenvalue weighted by atomic mass is 32.1. The number of ether oxygens (including phenoxy) is 2. The largest absolute Gasteiger partial charge is 0.494 e. The van der Waals surface area contributed by atoms with Gasteiger partial charge in [-0.05, 0) is 24.3 Å². The third kappa shape index (κ3) is 3.29. The number of carbonyl (C=O) groups is 1. The molecule has 0 saturated heterocycles. The molecule has 0 atom stereocenters. The standard InChI is InChI=1S/C17H13N3O3S/c1-22-13-7-4-8-14-16(13)20-17(24-14)19-15(21)10-23-12-6-3-2-5-11(12)9-18/h2-8H,10H2,1H3,(H,19,20,21). The summed E-state index contributed by atoms with van der Waals surface area (Å²) in [5.41, 5.74) is 1.09. The number of fused-ring (bicyclic) bond motifs is 1. The summed E-state index contributed by atoms with van der Waals surface area (Å²) in [6.07, 6.45) is 0. The van der Waals surface area contributed by atoms with Gasteiger partial charge in [0.15, 0.2) is 11.7 Å². The normalized spacial score (nSPS) is 10.2. The zero-order valence-electron chi connectivity index (χ0n) is 12.8. The second-order valence-electron chi connectivity index (χ2n) is 4.77. The van der Waals surface area contributed by atoms with Gasteiger partial charge in [-0.2, -0.15) is 5.26 Å². The van der Waals surface area contributed by atoms with Crippen molar-refractivity contribution < 1.29 is 14.3 Å². The van der Waals surface area contributed by atoms with Gasteiger partial charge in [-0.1, -0.05) is 29.5 Å². The van der Waals surface area contributed by atoms with Gasteiger partial charge in [0.1, 0.15) is 23.1 Å². The van der Waals surface area contributed by atoms with E-state index in [1.54, 1.807) is 31.4 Å². The van der Waals surface area contributed by atoms with Crippen molar-refractivity contribution in [3.63, 3.8) is 0 Å². The van der Waals surface area contributed by atoms with E-state index < -0.39 is 0 Å². The lowest BCUT2D eigenvalue weighted by molar-refractivity contribution is -0.118. The van der Waals surface area contributed by atoms with E-state index in [0.717, 1.165) is 4.70 Å². The first kappa shape index (κ1) is 15.8. The maximum atomic E-state index is 12.0. The van der Waals surface area contributed by atoms with Gasteiger partial charge in [0.25, 0.3) is 5.91 Å². The molecule has 3 rings (SSSR count). The summed E-state index contributed by atoms with van der Waals surface area (Å²) in [7, 11) is 1.58. The molecule has 0 spiro atoms. The second-order valence-corrected chi connectivity index (χ2v) is 5.80. The summed E-state index contributed by atoms with van der Waals surface area (Å²) in [4.78, 5) is 16.4. The van der Waals surface area contributed by atoms with E-state index >= 15 is 0 Å². The van der Waals surface area contributed by atoms with Crippen LogP contribution in [0, 0.1) is 11.3 Å². The number of benzene rings is 2. The fourth-order valence-corrected chi connectivity index (χ4v) is 3.02. The molecule has 24 heavy (non-hydrogen) atoms. The predicted octanol–water partition coefficient (Wildman–Crippen LogP) is 3.19. The Morgan fingerprint density at radius 2 is 2.04 bits per heavy atom. The van der Waals surface area contributed by atoms with E-state index in [1.165, 1.54) is 11.3 Å². The van der Waals surface area contributed by atoms with Crippen molar-refractivity contribution in [1.29, 1.82) is 5.26 Å². The molecule has 0 aliphatic heterocycles. The Kier molecular flexibility index (Phi) is 4.59. The molecule has 1 heterocycles. The summed E-state index contributed by atoms with van der Waals surface area (Å²) < 4.78 is 11.6. The number of methoxy groups -OCH3 is 1. The predicted molar refractivity (Wildman–Crippen MR) is 91.5 cm³/mol. The maximum Gasteiger partial charge on any atom is 0.264 e. The molecule has 0 bridgehead atoms. The van der Waals surface area contributed by atoms with Gasteiger partial charge in [-0.15, -0.1) is 0 Å². The van der Waals surface area contributed by atoms with Gasteiger partial charge >= 0.3 is 0 Å². The molecule has 0 fully saturated rings. The molecule has 0 radical (unpaired) electrons. The maximum absolute atomic E-state index is 12.0. The Bertz CT molecular complexity index is 930. The number of anilines is 1. The second kappa shape index (κ2) is 6.98. The van der Waals surface area contributed by atoms with Gasteiger partial charge in [0.05, 0.1) is 17.4 Å². The molecule has 7 heteroatoms. The molecule has 0 unspecified atom stereocenters. The Balaban J connectivity index is 1.68. The highest BCUT2D eigenvalue weighted by Crippen LogP contribution is 2.32. The van der Waals surface area contributed by atoms with Crippen LogP contribution in [0.15, 0.2) is 42.5 Å². The number of amides is 1.